The van der Waals surface area contributed by atoms with E-state index in [0.29, 0.717) is 6.42 Å². The van der Waals surface area contributed by atoms with Gasteiger partial charge in [0.25, 0.3) is 0 Å². The summed E-state index contributed by atoms with van der Waals surface area (Å²) in [5.41, 5.74) is 5.44. The highest BCUT2D eigenvalue weighted by atomic mass is 32.2. The summed E-state index contributed by atoms with van der Waals surface area (Å²) in [6, 6.07) is 2.02. The van der Waals surface area contributed by atoms with E-state index in [1.54, 1.807) is 6.08 Å². The van der Waals surface area contributed by atoms with Crippen LogP contribution in [0.3, 0.4) is 0 Å². The van der Waals surface area contributed by atoms with Crippen LogP contribution in [0.1, 0.15) is 6.42 Å². The number of anilines is 1. The number of rotatable bonds is 6. The van der Waals surface area contributed by atoms with Crippen LogP contribution >= 0.6 is 0 Å². The Hall–Kier alpha value is -1.60. The van der Waals surface area contributed by atoms with Gasteiger partial charge in [-0.05, 0) is 18.6 Å². The Labute approximate surface area is 105 Å². The number of nitrogen functional groups attached to an aromatic ring is 1. The molecule has 0 aliphatic carbocycles. The van der Waals surface area contributed by atoms with Crippen LogP contribution in [0.5, 0.6) is 5.75 Å². The number of nitrogens with two attached hydrogens (primary N) is 1. The van der Waals surface area contributed by atoms with E-state index < -0.39 is 15.8 Å². The summed E-state index contributed by atoms with van der Waals surface area (Å²) in [5, 5.41) is 0. The maximum Gasteiger partial charge on any atom is 0.240 e. The maximum atomic E-state index is 13.5. The van der Waals surface area contributed by atoms with Crippen LogP contribution in [0.15, 0.2) is 29.7 Å². The van der Waals surface area contributed by atoms with E-state index in [1.807, 2.05) is 0 Å². The lowest BCUT2D eigenvalue weighted by atomic mass is 10.3. The molecular formula is C11H15FN2O3S. The Kier molecular flexibility index (Phi) is 4.69. The minimum absolute atomic E-state index is 0.0680. The van der Waals surface area contributed by atoms with Crippen LogP contribution in [0.4, 0.5) is 10.1 Å². The summed E-state index contributed by atoms with van der Waals surface area (Å²) in [6.07, 6.45) is 2.05. The van der Waals surface area contributed by atoms with Crippen molar-refractivity contribution in [3.05, 3.63) is 30.6 Å². The number of hydrogen-bond donors (Lipinski definition) is 2. The number of halogens is 1. The lowest BCUT2D eigenvalue weighted by molar-refractivity contribution is 0.388. The Morgan fingerprint density at radius 3 is 2.72 bits per heavy atom. The Balaban J connectivity index is 3.06. The zero-order valence-electron chi connectivity index (χ0n) is 9.94. The average Bonchev–Trinajstić information content (AvgIpc) is 2.28. The van der Waals surface area contributed by atoms with Crippen LogP contribution in [0.2, 0.25) is 0 Å². The maximum absolute atomic E-state index is 13.5. The molecule has 0 spiro atoms. The third-order valence-corrected chi connectivity index (χ3v) is 3.64. The van der Waals surface area contributed by atoms with Gasteiger partial charge in [-0.15, -0.1) is 6.58 Å². The molecule has 100 valence electrons. The molecule has 1 aromatic rings. The van der Waals surface area contributed by atoms with Crippen LogP contribution in [0.25, 0.3) is 0 Å². The van der Waals surface area contributed by atoms with Gasteiger partial charge >= 0.3 is 0 Å². The molecule has 0 radical (unpaired) electrons. The number of hydrogen-bond acceptors (Lipinski definition) is 4. The van der Waals surface area contributed by atoms with Crippen molar-refractivity contribution in [3.63, 3.8) is 0 Å². The van der Waals surface area contributed by atoms with E-state index in [2.05, 4.69) is 11.3 Å². The predicted octanol–water partition coefficient (Wildman–Crippen LogP) is 1.27. The first kappa shape index (κ1) is 14.5. The van der Waals surface area contributed by atoms with Gasteiger partial charge in [0, 0.05) is 6.54 Å². The highest BCUT2D eigenvalue weighted by molar-refractivity contribution is 7.89. The van der Waals surface area contributed by atoms with Crippen molar-refractivity contribution in [2.24, 2.45) is 0 Å². The molecular weight excluding hydrogens is 259 g/mol. The molecule has 1 aromatic carbocycles. The van der Waals surface area contributed by atoms with E-state index in [0.717, 1.165) is 12.1 Å². The van der Waals surface area contributed by atoms with Crippen molar-refractivity contribution in [1.82, 2.24) is 4.72 Å². The van der Waals surface area contributed by atoms with Crippen molar-refractivity contribution < 1.29 is 17.5 Å². The second-order valence-corrected chi connectivity index (χ2v) is 5.27. The van der Waals surface area contributed by atoms with Crippen molar-refractivity contribution in [3.8, 4) is 5.75 Å². The summed E-state index contributed by atoms with van der Waals surface area (Å²) in [6.45, 7) is 3.67. The van der Waals surface area contributed by atoms with Gasteiger partial charge in [-0.3, -0.25) is 0 Å². The fraction of sp³-hybridized carbons (Fsp3) is 0.273. The van der Waals surface area contributed by atoms with Crippen molar-refractivity contribution >= 4 is 15.7 Å². The normalized spacial score (nSPS) is 11.2. The molecule has 18 heavy (non-hydrogen) atoms. The molecule has 7 heteroatoms. The molecule has 0 aliphatic heterocycles. The first-order valence-electron chi connectivity index (χ1n) is 5.16. The molecule has 0 aromatic heterocycles. The lowest BCUT2D eigenvalue weighted by Gasteiger charge is -2.10. The highest BCUT2D eigenvalue weighted by Gasteiger charge is 2.18. The number of ether oxygens (including phenoxy) is 1. The molecule has 0 saturated carbocycles. The minimum Gasteiger partial charge on any atom is -0.492 e. The van der Waals surface area contributed by atoms with Gasteiger partial charge in [0.05, 0.1) is 17.7 Å². The van der Waals surface area contributed by atoms with E-state index in [1.165, 1.54) is 7.11 Å². The summed E-state index contributed by atoms with van der Waals surface area (Å²) in [4.78, 5) is -0.234. The Morgan fingerprint density at radius 1 is 1.56 bits per heavy atom. The molecule has 0 heterocycles. The molecule has 0 aliphatic rings. The molecule has 1 rings (SSSR count). The number of sulfonamides is 1. The van der Waals surface area contributed by atoms with Crippen LogP contribution in [-0.2, 0) is 10.0 Å². The summed E-state index contributed by atoms with van der Waals surface area (Å²) in [7, 11) is -2.52. The van der Waals surface area contributed by atoms with Gasteiger partial charge in [-0.25, -0.2) is 17.5 Å². The molecule has 0 bridgehead atoms. The van der Waals surface area contributed by atoms with Gasteiger partial charge in [-0.1, -0.05) is 6.08 Å². The first-order valence-corrected chi connectivity index (χ1v) is 6.64. The van der Waals surface area contributed by atoms with Gasteiger partial charge in [-0.2, -0.15) is 0 Å². The molecule has 0 saturated heterocycles. The number of benzene rings is 1. The van der Waals surface area contributed by atoms with Gasteiger partial charge < -0.3 is 10.5 Å². The van der Waals surface area contributed by atoms with Crippen molar-refractivity contribution in [2.45, 2.75) is 11.3 Å². The molecule has 0 atom stereocenters. The second kappa shape index (κ2) is 5.83. The Morgan fingerprint density at radius 2 is 2.22 bits per heavy atom. The first-order chi connectivity index (χ1) is 8.42. The second-order valence-electron chi connectivity index (χ2n) is 3.50. The fourth-order valence-corrected chi connectivity index (χ4v) is 2.43. The fourth-order valence-electron chi connectivity index (χ4n) is 1.34. The number of methoxy groups -OCH3 is 1. The van der Waals surface area contributed by atoms with Crippen LogP contribution in [-0.4, -0.2) is 22.1 Å². The Bertz CT molecular complexity index is 520. The minimum atomic E-state index is -3.78. The zero-order chi connectivity index (χ0) is 13.8. The topological polar surface area (TPSA) is 81.4 Å². The van der Waals surface area contributed by atoms with E-state index in [4.69, 9.17) is 10.5 Å². The van der Waals surface area contributed by atoms with Gasteiger partial charge in [0.2, 0.25) is 10.0 Å². The largest absolute Gasteiger partial charge is 0.492 e. The molecule has 3 N–H and O–H groups in total. The zero-order valence-corrected chi connectivity index (χ0v) is 10.8. The van der Waals surface area contributed by atoms with Crippen molar-refractivity contribution in [2.75, 3.05) is 19.4 Å². The molecule has 0 fully saturated rings. The lowest BCUT2D eigenvalue weighted by Crippen LogP contribution is -2.24. The van der Waals surface area contributed by atoms with E-state index in [-0.39, 0.29) is 22.9 Å². The SMILES string of the molecule is C=CCCNS(=O)(=O)c1cc(N)c(OC)c(F)c1. The molecule has 0 amide bonds. The van der Waals surface area contributed by atoms with Gasteiger partial charge in [0.1, 0.15) is 0 Å². The quantitative estimate of drug-likeness (QED) is 0.465. The molecule has 0 unspecified atom stereocenters. The monoisotopic (exact) mass is 274 g/mol. The summed E-state index contributed by atoms with van der Waals surface area (Å²) >= 11 is 0. The smallest absolute Gasteiger partial charge is 0.240 e. The van der Waals surface area contributed by atoms with Gasteiger partial charge in [0.15, 0.2) is 11.6 Å². The van der Waals surface area contributed by atoms with Crippen LogP contribution in [0, 0.1) is 5.82 Å². The standard InChI is InChI=1S/C11H15FN2O3S/c1-3-4-5-14-18(15,16)8-6-9(12)11(17-2)10(13)7-8/h3,6-7,14H,1,4-5,13H2,2H3. The van der Waals surface area contributed by atoms with E-state index in [9.17, 15) is 12.8 Å². The number of nitrogens with one attached hydrogen (secondary N) is 1. The summed E-state index contributed by atoms with van der Waals surface area (Å²) in [5.74, 6) is -0.985. The van der Waals surface area contributed by atoms with E-state index >= 15 is 0 Å². The van der Waals surface area contributed by atoms with Crippen molar-refractivity contribution in [1.29, 1.82) is 0 Å². The third kappa shape index (κ3) is 3.21. The van der Waals surface area contributed by atoms with Crippen LogP contribution < -0.4 is 15.2 Å². The average molecular weight is 274 g/mol. The third-order valence-electron chi connectivity index (χ3n) is 2.20. The summed E-state index contributed by atoms with van der Waals surface area (Å²) < 4.78 is 44.1. The molecule has 5 nitrogen and oxygen atoms in total. The predicted molar refractivity (Wildman–Crippen MR) is 67.4 cm³/mol. The highest BCUT2D eigenvalue weighted by Crippen LogP contribution is 2.28.